The van der Waals surface area contributed by atoms with Crippen LogP contribution in [0.2, 0.25) is 0 Å². The van der Waals surface area contributed by atoms with Crippen LogP contribution in [0.5, 0.6) is 0 Å². The molecule has 0 spiro atoms. The van der Waals surface area contributed by atoms with Crippen molar-refractivity contribution in [1.82, 2.24) is 4.98 Å². The number of carbonyl (C=O) groups is 1. The van der Waals surface area contributed by atoms with Gasteiger partial charge in [0.2, 0.25) is 0 Å². The molecule has 21 heavy (non-hydrogen) atoms. The van der Waals surface area contributed by atoms with Gasteiger partial charge in [-0.1, -0.05) is 26.8 Å². The maximum Gasteiger partial charge on any atom is 0.265 e. The molecule has 0 aliphatic carbocycles. The molecule has 0 saturated heterocycles. The molecule has 0 radical (unpaired) electrons. The van der Waals surface area contributed by atoms with Gasteiger partial charge < -0.3 is 10.3 Å². The van der Waals surface area contributed by atoms with Gasteiger partial charge in [0.15, 0.2) is 0 Å². The fourth-order valence-electron chi connectivity index (χ4n) is 2.21. The zero-order chi connectivity index (χ0) is 15.0. The lowest BCUT2D eigenvalue weighted by atomic mass is 9.92. The standard InChI is InChI=1S/C17H18N2OS/c1-17(2,3)15-10-11-9-12(6-7-13(11)19-15)18-16(20)14-5-4-8-21-14/h4-10,19H,1-3H3,(H,18,20). The zero-order valence-corrected chi connectivity index (χ0v) is 13.2. The Morgan fingerprint density at radius 3 is 2.67 bits per heavy atom. The maximum absolute atomic E-state index is 12.1. The van der Waals surface area contributed by atoms with Gasteiger partial charge in [-0.05, 0) is 35.7 Å². The minimum absolute atomic E-state index is 0.0593. The van der Waals surface area contributed by atoms with E-state index in [4.69, 9.17) is 0 Å². The van der Waals surface area contributed by atoms with Crippen molar-refractivity contribution in [1.29, 1.82) is 0 Å². The van der Waals surface area contributed by atoms with E-state index >= 15 is 0 Å². The van der Waals surface area contributed by atoms with Crippen LogP contribution in [0.15, 0.2) is 41.8 Å². The molecular formula is C17H18N2OS. The first-order valence-corrected chi connectivity index (χ1v) is 7.79. The number of H-pyrrole nitrogens is 1. The molecule has 4 heteroatoms. The molecule has 2 heterocycles. The van der Waals surface area contributed by atoms with E-state index in [9.17, 15) is 4.79 Å². The number of rotatable bonds is 2. The molecule has 2 N–H and O–H groups in total. The number of carbonyl (C=O) groups excluding carboxylic acids is 1. The molecule has 0 unspecified atom stereocenters. The summed E-state index contributed by atoms with van der Waals surface area (Å²) < 4.78 is 0. The van der Waals surface area contributed by atoms with Gasteiger partial charge in [-0.15, -0.1) is 11.3 Å². The van der Waals surface area contributed by atoms with Crippen LogP contribution in [0.4, 0.5) is 5.69 Å². The third-order valence-electron chi connectivity index (χ3n) is 3.43. The third-order valence-corrected chi connectivity index (χ3v) is 4.30. The quantitative estimate of drug-likeness (QED) is 0.702. The summed E-state index contributed by atoms with van der Waals surface area (Å²) in [5.41, 5.74) is 3.19. The third kappa shape index (κ3) is 2.85. The summed E-state index contributed by atoms with van der Waals surface area (Å²) in [7, 11) is 0. The number of nitrogens with one attached hydrogen (secondary N) is 2. The van der Waals surface area contributed by atoms with E-state index < -0.39 is 0 Å². The molecule has 3 nitrogen and oxygen atoms in total. The lowest BCUT2D eigenvalue weighted by molar-refractivity contribution is 0.103. The Kier molecular flexibility index (Phi) is 3.33. The summed E-state index contributed by atoms with van der Waals surface area (Å²) in [6, 6.07) is 11.8. The molecule has 108 valence electrons. The number of hydrogen-bond acceptors (Lipinski definition) is 2. The predicted molar refractivity (Wildman–Crippen MR) is 89.3 cm³/mol. The van der Waals surface area contributed by atoms with Crippen LogP contribution in [0.3, 0.4) is 0 Å². The normalized spacial score (nSPS) is 11.8. The van der Waals surface area contributed by atoms with Gasteiger partial charge in [0.25, 0.3) is 5.91 Å². The highest BCUT2D eigenvalue weighted by molar-refractivity contribution is 7.12. The van der Waals surface area contributed by atoms with E-state index in [1.165, 1.54) is 17.0 Å². The molecule has 3 rings (SSSR count). The fraction of sp³-hybridized carbons (Fsp3) is 0.235. The maximum atomic E-state index is 12.1. The molecule has 0 aliphatic heterocycles. The topological polar surface area (TPSA) is 44.9 Å². The second kappa shape index (κ2) is 5.04. The number of amides is 1. The van der Waals surface area contributed by atoms with Gasteiger partial charge in [0, 0.05) is 27.7 Å². The number of aromatic amines is 1. The van der Waals surface area contributed by atoms with Crippen molar-refractivity contribution in [3.05, 3.63) is 52.3 Å². The molecule has 0 bridgehead atoms. The monoisotopic (exact) mass is 298 g/mol. The molecule has 1 amide bonds. The molecule has 3 aromatic rings. The summed E-state index contributed by atoms with van der Waals surface area (Å²) in [6.07, 6.45) is 0. The van der Waals surface area contributed by atoms with Crippen LogP contribution in [-0.4, -0.2) is 10.9 Å². The van der Waals surface area contributed by atoms with E-state index in [1.807, 2.05) is 35.7 Å². The first-order chi connectivity index (χ1) is 9.93. The molecular weight excluding hydrogens is 280 g/mol. The van der Waals surface area contributed by atoms with Crippen molar-refractivity contribution in [3.8, 4) is 0 Å². The Labute approximate surface area is 128 Å². The molecule has 0 aliphatic rings. The highest BCUT2D eigenvalue weighted by Gasteiger charge is 2.16. The van der Waals surface area contributed by atoms with E-state index in [0.717, 1.165) is 21.5 Å². The zero-order valence-electron chi connectivity index (χ0n) is 12.4. The second-order valence-corrected chi connectivity index (χ2v) is 7.11. The van der Waals surface area contributed by atoms with Crippen molar-refractivity contribution in [2.75, 3.05) is 5.32 Å². The van der Waals surface area contributed by atoms with E-state index in [0.29, 0.717) is 0 Å². The molecule has 1 aromatic carbocycles. The van der Waals surface area contributed by atoms with Crippen LogP contribution >= 0.6 is 11.3 Å². The summed E-state index contributed by atoms with van der Waals surface area (Å²) in [5, 5.41) is 5.96. The molecule has 0 saturated carbocycles. The number of hydrogen-bond donors (Lipinski definition) is 2. The number of benzene rings is 1. The molecule has 0 fully saturated rings. The Morgan fingerprint density at radius 1 is 1.19 bits per heavy atom. The predicted octanol–water partition coefficient (Wildman–Crippen LogP) is 4.78. The lowest BCUT2D eigenvalue weighted by Crippen LogP contribution is -2.10. The van der Waals surface area contributed by atoms with Gasteiger partial charge in [-0.2, -0.15) is 0 Å². The summed E-state index contributed by atoms with van der Waals surface area (Å²) >= 11 is 1.44. The summed E-state index contributed by atoms with van der Waals surface area (Å²) in [5.74, 6) is -0.0593. The number of fused-ring (bicyclic) bond motifs is 1. The van der Waals surface area contributed by atoms with Crippen molar-refractivity contribution < 1.29 is 4.79 Å². The van der Waals surface area contributed by atoms with Crippen LogP contribution in [0.25, 0.3) is 10.9 Å². The number of aromatic nitrogens is 1. The van der Waals surface area contributed by atoms with Crippen molar-refractivity contribution in [2.24, 2.45) is 0 Å². The summed E-state index contributed by atoms with van der Waals surface area (Å²) in [6.45, 7) is 6.53. The van der Waals surface area contributed by atoms with Gasteiger partial charge in [0.05, 0.1) is 4.88 Å². The van der Waals surface area contributed by atoms with Crippen molar-refractivity contribution in [3.63, 3.8) is 0 Å². The average molecular weight is 298 g/mol. The number of anilines is 1. The largest absolute Gasteiger partial charge is 0.358 e. The van der Waals surface area contributed by atoms with E-state index in [1.54, 1.807) is 0 Å². The van der Waals surface area contributed by atoms with Gasteiger partial charge in [-0.25, -0.2) is 0 Å². The smallest absolute Gasteiger partial charge is 0.265 e. The lowest BCUT2D eigenvalue weighted by Gasteiger charge is -2.15. The minimum Gasteiger partial charge on any atom is -0.358 e. The van der Waals surface area contributed by atoms with Gasteiger partial charge in [-0.3, -0.25) is 4.79 Å². The SMILES string of the molecule is CC(C)(C)c1cc2cc(NC(=O)c3cccs3)ccc2[nH]1. The van der Waals surface area contributed by atoms with Gasteiger partial charge >= 0.3 is 0 Å². The summed E-state index contributed by atoms with van der Waals surface area (Å²) in [4.78, 5) is 16.2. The minimum atomic E-state index is -0.0593. The Bertz CT molecular complexity index is 779. The number of thiophene rings is 1. The van der Waals surface area contributed by atoms with Crippen LogP contribution in [0.1, 0.15) is 36.1 Å². The Hall–Kier alpha value is -2.07. The molecule has 0 atom stereocenters. The van der Waals surface area contributed by atoms with Crippen LogP contribution in [-0.2, 0) is 5.41 Å². The highest BCUT2D eigenvalue weighted by atomic mass is 32.1. The highest BCUT2D eigenvalue weighted by Crippen LogP contribution is 2.27. The van der Waals surface area contributed by atoms with Crippen LogP contribution in [0, 0.1) is 0 Å². The Balaban J connectivity index is 1.89. The molecule has 2 aromatic heterocycles. The van der Waals surface area contributed by atoms with Gasteiger partial charge in [0.1, 0.15) is 0 Å². The van der Waals surface area contributed by atoms with E-state index in [2.05, 4.69) is 37.1 Å². The van der Waals surface area contributed by atoms with Crippen LogP contribution < -0.4 is 5.32 Å². The Morgan fingerprint density at radius 2 is 2.00 bits per heavy atom. The first-order valence-electron chi connectivity index (χ1n) is 6.91. The average Bonchev–Trinajstić information content (AvgIpc) is 3.06. The van der Waals surface area contributed by atoms with Crippen molar-refractivity contribution in [2.45, 2.75) is 26.2 Å². The van der Waals surface area contributed by atoms with E-state index in [-0.39, 0.29) is 11.3 Å². The second-order valence-electron chi connectivity index (χ2n) is 6.17. The first kappa shape index (κ1) is 13.9. The fourth-order valence-corrected chi connectivity index (χ4v) is 2.83. The van der Waals surface area contributed by atoms with Crippen molar-refractivity contribution >= 4 is 33.8 Å².